The highest BCUT2D eigenvalue weighted by molar-refractivity contribution is 5.68. The Morgan fingerprint density at radius 2 is 2.20 bits per heavy atom. The monoisotopic (exact) mass is 141 g/mol. The molecular weight excluding hydrogens is 130 g/mol. The first-order valence-electron chi connectivity index (χ1n) is 3.41. The number of carbonyl (C=O) groups excluding carboxylic acids is 1. The van der Waals surface area contributed by atoms with Gasteiger partial charge in [-0.2, -0.15) is 0 Å². The third-order valence-electron chi connectivity index (χ3n) is 1.34. The lowest BCUT2D eigenvalue weighted by Crippen LogP contribution is -2.28. The Bertz CT molecular complexity index is 146. The lowest BCUT2D eigenvalue weighted by atomic mass is 10.6. The quantitative estimate of drug-likeness (QED) is 0.510. The van der Waals surface area contributed by atoms with Crippen LogP contribution < -0.4 is 0 Å². The van der Waals surface area contributed by atoms with Crippen molar-refractivity contribution in [3.05, 3.63) is 12.2 Å². The topological polar surface area (TPSA) is 29.5 Å². The summed E-state index contributed by atoms with van der Waals surface area (Å²) < 4.78 is 4.77. The zero-order chi connectivity index (χ0) is 7.40. The molecule has 0 aromatic carbocycles. The van der Waals surface area contributed by atoms with Gasteiger partial charge in [-0.15, -0.1) is 0 Å². The third kappa shape index (κ3) is 1.50. The summed E-state index contributed by atoms with van der Waals surface area (Å²) in [6.45, 7) is 3.65. The van der Waals surface area contributed by atoms with E-state index in [0.29, 0.717) is 19.7 Å². The van der Waals surface area contributed by atoms with E-state index in [9.17, 15) is 4.79 Å². The van der Waals surface area contributed by atoms with Gasteiger partial charge in [0, 0.05) is 13.1 Å². The van der Waals surface area contributed by atoms with Crippen LogP contribution in [0.1, 0.15) is 6.92 Å². The van der Waals surface area contributed by atoms with Crippen molar-refractivity contribution in [2.24, 2.45) is 0 Å². The fraction of sp³-hybridized carbons (Fsp3) is 0.571. The highest BCUT2D eigenvalue weighted by Gasteiger charge is 2.13. The van der Waals surface area contributed by atoms with E-state index in [0.717, 1.165) is 0 Å². The predicted octanol–water partition coefficient (Wildman–Crippen LogP) is 1.01. The van der Waals surface area contributed by atoms with Crippen LogP contribution in [0.4, 0.5) is 4.79 Å². The summed E-state index contributed by atoms with van der Waals surface area (Å²) in [6.07, 6.45) is 3.70. The Morgan fingerprint density at radius 3 is 2.70 bits per heavy atom. The molecule has 0 atom stereocenters. The largest absolute Gasteiger partial charge is 0.450 e. The van der Waals surface area contributed by atoms with E-state index in [1.165, 1.54) is 0 Å². The second kappa shape index (κ2) is 3.25. The molecule has 0 aliphatic carbocycles. The fourth-order valence-corrected chi connectivity index (χ4v) is 0.842. The fourth-order valence-electron chi connectivity index (χ4n) is 0.842. The van der Waals surface area contributed by atoms with Gasteiger partial charge in [0.15, 0.2) is 0 Å². The maximum Gasteiger partial charge on any atom is 0.410 e. The molecular formula is C7H11NO2. The number of rotatable bonds is 1. The van der Waals surface area contributed by atoms with Crippen LogP contribution in [-0.4, -0.2) is 30.7 Å². The van der Waals surface area contributed by atoms with Crippen molar-refractivity contribution in [2.45, 2.75) is 6.92 Å². The summed E-state index contributed by atoms with van der Waals surface area (Å²) in [4.78, 5) is 12.6. The first-order chi connectivity index (χ1) is 4.84. The van der Waals surface area contributed by atoms with Gasteiger partial charge in [0.1, 0.15) is 0 Å². The van der Waals surface area contributed by atoms with Crippen LogP contribution in [0.15, 0.2) is 12.2 Å². The lowest BCUT2D eigenvalue weighted by molar-refractivity contribution is 0.117. The van der Waals surface area contributed by atoms with Gasteiger partial charge in [0.05, 0.1) is 6.61 Å². The smallest absolute Gasteiger partial charge is 0.410 e. The SMILES string of the molecule is CCOC(=O)N1CC=CC1. The Hall–Kier alpha value is -0.990. The maximum atomic E-state index is 10.9. The number of amides is 1. The molecule has 10 heavy (non-hydrogen) atoms. The third-order valence-corrected chi connectivity index (χ3v) is 1.34. The summed E-state index contributed by atoms with van der Waals surface area (Å²) in [6, 6.07) is 0. The highest BCUT2D eigenvalue weighted by atomic mass is 16.6. The molecule has 1 rings (SSSR count). The van der Waals surface area contributed by atoms with Crippen LogP contribution in [0.2, 0.25) is 0 Å². The van der Waals surface area contributed by atoms with E-state index >= 15 is 0 Å². The maximum absolute atomic E-state index is 10.9. The number of hydrogen-bond donors (Lipinski definition) is 0. The van der Waals surface area contributed by atoms with Crippen LogP contribution in [0.3, 0.4) is 0 Å². The summed E-state index contributed by atoms with van der Waals surface area (Å²) in [7, 11) is 0. The van der Waals surface area contributed by atoms with Gasteiger partial charge in [-0.3, -0.25) is 0 Å². The molecule has 0 unspecified atom stereocenters. The summed E-state index contributed by atoms with van der Waals surface area (Å²) in [5.74, 6) is 0. The zero-order valence-electron chi connectivity index (χ0n) is 6.04. The Morgan fingerprint density at radius 1 is 1.60 bits per heavy atom. The van der Waals surface area contributed by atoms with E-state index in [1.807, 2.05) is 12.2 Å². The molecule has 1 heterocycles. The van der Waals surface area contributed by atoms with Crippen molar-refractivity contribution in [2.75, 3.05) is 19.7 Å². The average Bonchev–Trinajstić information content (AvgIpc) is 2.38. The Kier molecular flexibility index (Phi) is 2.31. The molecule has 0 aromatic heterocycles. The molecule has 0 spiro atoms. The molecule has 1 amide bonds. The van der Waals surface area contributed by atoms with E-state index < -0.39 is 0 Å². The molecule has 1 aliphatic heterocycles. The first-order valence-corrected chi connectivity index (χ1v) is 3.41. The molecule has 3 heteroatoms. The minimum absolute atomic E-state index is 0.215. The lowest BCUT2D eigenvalue weighted by Gasteiger charge is -2.13. The van der Waals surface area contributed by atoms with Gasteiger partial charge in [-0.05, 0) is 6.92 Å². The van der Waals surface area contributed by atoms with Gasteiger partial charge in [-0.25, -0.2) is 4.79 Å². The van der Waals surface area contributed by atoms with E-state index in [4.69, 9.17) is 4.74 Å². The van der Waals surface area contributed by atoms with Gasteiger partial charge in [-0.1, -0.05) is 12.2 Å². The standard InChI is InChI=1S/C7H11NO2/c1-2-10-7(9)8-5-3-4-6-8/h3-4H,2,5-6H2,1H3. The second-order valence-electron chi connectivity index (χ2n) is 2.08. The molecule has 1 aliphatic rings. The van der Waals surface area contributed by atoms with Gasteiger partial charge in [0.2, 0.25) is 0 Å². The summed E-state index contributed by atoms with van der Waals surface area (Å²) >= 11 is 0. The van der Waals surface area contributed by atoms with Crippen molar-refractivity contribution in [3.63, 3.8) is 0 Å². The van der Waals surface area contributed by atoms with Crippen LogP contribution in [-0.2, 0) is 4.74 Å². The highest BCUT2D eigenvalue weighted by Crippen LogP contribution is 2.00. The summed E-state index contributed by atoms with van der Waals surface area (Å²) in [5, 5.41) is 0. The van der Waals surface area contributed by atoms with Gasteiger partial charge in [0.25, 0.3) is 0 Å². The zero-order valence-corrected chi connectivity index (χ0v) is 6.04. The van der Waals surface area contributed by atoms with Crippen LogP contribution >= 0.6 is 0 Å². The molecule has 0 fully saturated rings. The normalized spacial score (nSPS) is 15.9. The van der Waals surface area contributed by atoms with Crippen LogP contribution in [0.25, 0.3) is 0 Å². The van der Waals surface area contributed by atoms with Gasteiger partial charge >= 0.3 is 6.09 Å². The van der Waals surface area contributed by atoms with Crippen molar-refractivity contribution >= 4 is 6.09 Å². The Labute approximate surface area is 60.3 Å². The molecule has 0 radical (unpaired) electrons. The van der Waals surface area contributed by atoms with E-state index in [-0.39, 0.29) is 6.09 Å². The number of hydrogen-bond acceptors (Lipinski definition) is 2. The van der Waals surface area contributed by atoms with Crippen molar-refractivity contribution < 1.29 is 9.53 Å². The summed E-state index contributed by atoms with van der Waals surface area (Å²) in [5.41, 5.74) is 0. The minimum Gasteiger partial charge on any atom is -0.450 e. The minimum atomic E-state index is -0.215. The average molecular weight is 141 g/mol. The molecule has 0 saturated carbocycles. The number of nitrogens with zero attached hydrogens (tertiary/aromatic N) is 1. The van der Waals surface area contributed by atoms with Crippen molar-refractivity contribution in [1.29, 1.82) is 0 Å². The van der Waals surface area contributed by atoms with Crippen molar-refractivity contribution in [1.82, 2.24) is 4.90 Å². The molecule has 56 valence electrons. The Balaban J connectivity index is 2.28. The van der Waals surface area contributed by atoms with E-state index in [2.05, 4.69) is 0 Å². The van der Waals surface area contributed by atoms with Crippen molar-refractivity contribution in [3.8, 4) is 0 Å². The molecule has 0 N–H and O–H groups in total. The van der Waals surface area contributed by atoms with Crippen LogP contribution in [0.5, 0.6) is 0 Å². The van der Waals surface area contributed by atoms with Crippen LogP contribution in [0, 0.1) is 0 Å². The van der Waals surface area contributed by atoms with Gasteiger partial charge < -0.3 is 9.64 Å². The second-order valence-corrected chi connectivity index (χ2v) is 2.08. The molecule has 0 bridgehead atoms. The number of carbonyl (C=O) groups is 1. The van der Waals surface area contributed by atoms with E-state index in [1.54, 1.807) is 11.8 Å². The molecule has 3 nitrogen and oxygen atoms in total. The molecule has 0 aromatic rings. The predicted molar refractivity (Wildman–Crippen MR) is 37.7 cm³/mol. The molecule has 0 saturated heterocycles. The number of ether oxygens (including phenoxy) is 1. The first kappa shape index (κ1) is 7.12.